The number of nitrogens with zero attached hydrogens (tertiary/aromatic N) is 3. The summed E-state index contributed by atoms with van der Waals surface area (Å²) >= 11 is 25.0. The van der Waals surface area contributed by atoms with E-state index in [2.05, 4.69) is 10.1 Å². The first-order valence-electron chi connectivity index (χ1n) is 9.75. The van der Waals surface area contributed by atoms with Crippen LogP contribution in [0.4, 0.5) is 5.69 Å². The number of halogens is 4. The Morgan fingerprint density at radius 3 is 2.32 bits per heavy atom. The highest BCUT2D eigenvalue weighted by Gasteiger charge is 2.38. The largest absolute Gasteiger partial charge is 0.384 e. The molecule has 1 atom stereocenters. The number of anilines is 1. The molecule has 2 aliphatic rings. The van der Waals surface area contributed by atoms with Gasteiger partial charge in [-0.15, -0.1) is 0 Å². The molecule has 164 valence electrons. The highest BCUT2D eigenvalue weighted by Crippen LogP contribution is 2.42. The van der Waals surface area contributed by atoms with Gasteiger partial charge in [0.2, 0.25) is 5.91 Å². The number of amides is 1. The summed E-state index contributed by atoms with van der Waals surface area (Å²) in [6.07, 6.45) is 0.528. The van der Waals surface area contributed by atoms with Gasteiger partial charge in [-0.2, -0.15) is 0 Å². The van der Waals surface area contributed by atoms with Crippen molar-refractivity contribution in [3.63, 3.8) is 0 Å². The SMILES string of the molecule is CN(C)C(=O)C1CN(c2ccc(C3=NOC(C)(c4cc(Cl)c(Cl)c(Cl)c4)C3)cc2Cl)C1. The van der Waals surface area contributed by atoms with Gasteiger partial charge in [-0.05, 0) is 31.2 Å². The number of carbonyl (C=O) groups is 1. The molecular weight excluding hydrogens is 480 g/mol. The number of carbonyl (C=O) groups excluding carboxylic acids is 1. The van der Waals surface area contributed by atoms with Gasteiger partial charge in [0.1, 0.15) is 0 Å². The first kappa shape index (κ1) is 22.5. The van der Waals surface area contributed by atoms with Gasteiger partial charge >= 0.3 is 0 Å². The maximum Gasteiger partial charge on any atom is 0.228 e. The van der Waals surface area contributed by atoms with Gasteiger partial charge in [0.05, 0.1) is 37.4 Å². The van der Waals surface area contributed by atoms with Gasteiger partial charge in [-0.25, -0.2) is 0 Å². The fourth-order valence-electron chi connectivity index (χ4n) is 3.85. The molecule has 0 N–H and O–H groups in total. The predicted molar refractivity (Wildman–Crippen MR) is 127 cm³/mol. The molecule has 0 aliphatic carbocycles. The summed E-state index contributed by atoms with van der Waals surface area (Å²) in [6.45, 7) is 3.25. The monoisotopic (exact) mass is 499 g/mol. The van der Waals surface area contributed by atoms with Crippen molar-refractivity contribution in [3.8, 4) is 0 Å². The average molecular weight is 501 g/mol. The summed E-state index contributed by atoms with van der Waals surface area (Å²) in [6, 6.07) is 9.31. The molecule has 2 aromatic carbocycles. The van der Waals surface area contributed by atoms with Crippen molar-refractivity contribution in [2.75, 3.05) is 32.1 Å². The van der Waals surface area contributed by atoms with Crippen molar-refractivity contribution in [1.29, 1.82) is 0 Å². The number of hydrogen-bond acceptors (Lipinski definition) is 4. The van der Waals surface area contributed by atoms with E-state index in [-0.39, 0.29) is 11.8 Å². The minimum Gasteiger partial charge on any atom is -0.384 e. The lowest BCUT2D eigenvalue weighted by atomic mass is 9.89. The van der Waals surface area contributed by atoms with Crippen LogP contribution in [-0.2, 0) is 15.2 Å². The Morgan fingerprint density at radius 1 is 1.10 bits per heavy atom. The van der Waals surface area contributed by atoms with Gasteiger partial charge in [-0.3, -0.25) is 4.79 Å². The summed E-state index contributed by atoms with van der Waals surface area (Å²) in [4.78, 5) is 21.6. The van der Waals surface area contributed by atoms with E-state index in [0.717, 1.165) is 22.5 Å². The van der Waals surface area contributed by atoms with Crippen LogP contribution in [0, 0.1) is 5.92 Å². The molecule has 5 nitrogen and oxygen atoms in total. The molecule has 0 aromatic heterocycles. The zero-order valence-electron chi connectivity index (χ0n) is 17.3. The van der Waals surface area contributed by atoms with Crippen molar-refractivity contribution < 1.29 is 9.63 Å². The van der Waals surface area contributed by atoms with Crippen molar-refractivity contribution in [3.05, 3.63) is 61.5 Å². The van der Waals surface area contributed by atoms with Crippen molar-refractivity contribution >= 4 is 63.7 Å². The van der Waals surface area contributed by atoms with E-state index in [9.17, 15) is 4.79 Å². The van der Waals surface area contributed by atoms with Crippen LogP contribution in [-0.4, -0.2) is 43.7 Å². The summed E-state index contributed by atoms with van der Waals surface area (Å²) in [7, 11) is 3.55. The number of hydrogen-bond donors (Lipinski definition) is 0. The number of oxime groups is 1. The van der Waals surface area contributed by atoms with Gasteiger partial charge in [-0.1, -0.05) is 57.6 Å². The molecule has 2 aromatic rings. The molecule has 9 heteroatoms. The third-order valence-corrected chi connectivity index (χ3v) is 7.25. The number of benzene rings is 2. The summed E-state index contributed by atoms with van der Waals surface area (Å²) in [5.74, 6) is 0.153. The maximum absolute atomic E-state index is 12.1. The maximum atomic E-state index is 12.1. The van der Waals surface area contributed by atoms with Gasteiger partial charge < -0.3 is 14.6 Å². The highest BCUT2D eigenvalue weighted by molar-refractivity contribution is 6.48. The van der Waals surface area contributed by atoms with Gasteiger partial charge in [0.25, 0.3) is 0 Å². The van der Waals surface area contributed by atoms with Crippen molar-refractivity contribution in [1.82, 2.24) is 4.90 Å². The Balaban J connectivity index is 1.48. The van der Waals surface area contributed by atoms with E-state index < -0.39 is 5.60 Å². The molecule has 31 heavy (non-hydrogen) atoms. The lowest BCUT2D eigenvalue weighted by molar-refractivity contribution is -0.133. The Bertz CT molecular complexity index is 1060. The van der Waals surface area contributed by atoms with E-state index in [4.69, 9.17) is 51.2 Å². The van der Waals surface area contributed by atoms with E-state index in [1.807, 2.05) is 25.1 Å². The molecular formula is C22H21Cl4N3O2. The third kappa shape index (κ3) is 4.21. The topological polar surface area (TPSA) is 45.1 Å². The van der Waals surface area contributed by atoms with E-state index >= 15 is 0 Å². The molecule has 2 heterocycles. The first-order valence-corrected chi connectivity index (χ1v) is 11.3. The van der Waals surface area contributed by atoms with Crippen LogP contribution in [0.3, 0.4) is 0 Å². The highest BCUT2D eigenvalue weighted by atomic mass is 35.5. The summed E-state index contributed by atoms with van der Waals surface area (Å²) < 4.78 is 0. The van der Waals surface area contributed by atoms with Crippen molar-refractivity contribution in [2.24, 2.45) is 11.1 Å². The van der Waals surface area contributed by atoms with Gasteiger partial charge in [0.15, 0.2) is 5.60 Å². The first-order chi connectivity index (χ1) is 14.6. The van der Waals surface area contributed by atoms with Crippen LogP contribution in [0.2, 0.25) is 20.1 Å². The molecule has 1 amide bonds. The standard InChI is InChI=1S/C22H21Cl4N3O2/c1-22(14-7-16(24)20(26)17(25)8-14)9-18(27-31-22)12-4-5-19(15(23)6-12)29-10-13(11-29)21(30)28(2)3/h4-8,13H,9-11H2,1-3H3. The smallest absolute Gasteiger partial charge is 0.228 e. The zero-order chi connectivity index (χ0) is 22.5. The fraction of sp³-hybridized carbons (Fsp3) is 0.364. The molecule has 0 radical (unpaired) electrons. The van der Waals surface area contributed by atoms with E-state index in [0.29, 0.717) is 39.6 Å². The predicted octanol–water partition coefficient (Wildman–Crippen LogP) is 5.86. The molecule has 1 saturated heterocycles. The van der Waals surface area contributed by atoms with Crippen LogP contribution < -0.4 is 4.90 Å². The quantitative estimate of drug-likeness (QED) is 0.493. The Labute approximate surface area is 201 Å². The lowest BCUT2D eigenvalue weighted by Gasteiger charge is -2.41. The second-order valence-electron chi connectivity index (χ2n) is 8.29. The summed E-state index contributed by atoms with van der Waals surface area (Å²) in [5.41, 5.74) is 2.65. The van der Waals surface area contributed by atoms with Crippen LogP contribution in [0.15, 0.2) is 35.5 Å². The molecule has 1 fully saturated rings. The fourth-order valence-corrected chi connectivity index (χ4v) is 4.75. The van der Waals surface area contributed by atoms with E-state index in [1.54, 1.807) is 31.1 Å². The Kier molecular flexibility index (Phi) is 6.08. The Hall–Kier alpha value is -1.66. The van der Waals surface area contributed by atoms with Crippen LogP contribution in [0.25, 0.3) is 0 Å². The van der Waals surface area contributed by atoms with Crippen LogP contribution >= 0.6 is 46.4 Å². The molecule has 0 saturated carbocycles. The normalized spacial score (nSPS) is 20.9. The van der Waals surface area contributed by atoms with Crippen LogP contribution in [0.1, 0.15) is 24.5 Å². The molecule has 4 rings (SSSR count). The second-order valence-corrected chi connectivity index (χ2v) is 9.89. The third-order valence-electron chi connectivity index (χ3n) is 5.75. The lowest BCUT2D eigenvalue weighted by Crippen LogP contribution is -2.53. The van der Waals surface area contributed by atoms with Crippen molar-refractivity contribution in [2.45, 2.75) is 18.9 Å². The zero-order valence-corrected chi connectivity index (χ0v) is 20.3. The molecule has 0 bridgehead atoms. The number of rotatable bonds is 4. The van der Waals surface area contributed by atoms with Gasteiger partial charge in [0, 0.05) is 44.7 Å². The summed E-state index contributed by atoms with van der Waals surface area (Å²) in [5, 5.41) is 5.97. The average Bonchev–Trinajstić information content (AvgIpc) is 3.09. The second kappa shape index (κ2) is 8.36. The minimum absolute atomic E-state index is 0.0112. The Morgan fingerprint density at radius 2 is 1.74 bits per heavy atom. The van der Waals surface area contributed by atoms with Crippen LogP contribution in [0.5, 0.6) is 0 Å². The molecule has 1 unspecified atom stereocenters. The minimum atomic E-state index is -0.713. The molecule has 2 aliphatic heterocycles. The molecule has 0 spiro atoms. The van der Waals surface area contributed by atoms with E-state index in [1.165, 1.54) is 0 Å².